The second kappa shape index (κ2) is 10.7. The fourth-order valence-electron chi connectivity index (χ4n) is 3.45. The van der Waals surface area contributed by atoms with E-state index in [1.54, 1.807) is 30.3 Å². The van der Waals surface area contributed by atoms with E-state index < -0.39 is 34.4 Å². The van der Waals surface area contributed by atoms with Crippen LogP contribution in [0.3, 0.4) is 0 Å². The molecule has 0 aliphatic carbocycles. The lowest BCUT2D eigenvalue weighted by Gasteiger charge is -2.21. The zero-order valence-corrected chi connectivity index (χ0v) is 18.9. The van der Waals surface area contributed by atoms with E-state index in [-0.39, 0.29) is 30.1 Å². The van der Waals surface area contributed by atoms with Gasteiger partial charge in [0.05, 0.1) is 7.11 Å². The first-order valence-electron chi connectivity index (χ1n) is 10.3. The summed E-state index contributed by atoms with van der Waals surface area (Å²) in [7, 11) is 1.28. The van der Waals surface area contributed by atoms with Gasteiger partial charge in [0.15, 0.2) is 11.5 Å². The molecule has 0 heterocycles. The standard InChI is InChI=1S/C26H30O6/c1-15(2)11-12-18(16(3)4)14-19-22(28)25(31)24(30)21(26(19)32-5)23(29)20(27)13-17-9-7-6-8-10-17/h6-11,18,28,30-31H,3,12-14H2,1-2,4-5H3. The van der Waals surface area contributed by atoms with Crippen molar-refractivity contribution < 1.29 is 29.6 Å². The van der Waals surface area contributed by atoms with E-state index in [4.69, 9.17) is 4.74 Å². The number of benzene rings is 2. The van der Waals surface area contributed by atoms with Gasteiger partial charge in [0.2, 0.25) is 17.3 Å². The summed E-state index contributed by atoms with van der Waals surface area (Å²) in [5.74, 6) is -4.37. The number of phenols is 3. The normalized spacial score (nSPS) is 11.5. The molecule has 6 nitrogen and oxygen atoms in total. The van der Waals surface area contributed by atoms with Gasteiger partial charge in [-0.1, -0.05) is 54.1 Å². The Balaban J connectivity index is 2.53. The van der Waals surface area contributed by atoms with Gasteiger partial charge >= 0.3 is 0 Å². The molecular formula is C26H30O6. The van der Waals surface area contributed by atoms with Crippen molar-refractivity contribution in [3.63, 3.8) is 0 Å². The van der Waals surface area contributed by atoms with Crippen molar-refractivity contribution in [1.82, 2.24) is 0 Å². The van der Waals surface area contributed by atoms with Gasteiger partial charge in [-0.25, -0.2) is 0 Å². The third kappa shape index (κ3) is 5.58. The van der Waals surface area contributed by atoms with E-state index in [2.05, 4.69) is 6.58 Å². The quantitative estimate of drug-likeness (QED) is 0.211. The lowest BCUT2D eigenvalue weighted by molar-refractivity contribution is -0.114. The number of methoxy groups -OCH3 is 1. The van der Waals surface area contributed by atoms with Crippen molar-refractivity contribution in [3.05, 3.63) is 70.8 Å². The van der Waals surface area contributed by atoms with Crippen LogP contribution < -0.4 is 4.74 Å². The number of allylic oxidation sites excluding steroid dienone is 3. The summed E-state index contributed by atoms with van der Waals surface area (Å²) in [6.45, 7) is 9.79. The van der Waals surface area contributed by atoms with Crippen LogP contribution in [0.5, 0.6) is 23.0 Å². The Hall–Kier alpha value is -3.54. The first-order chi connectivity index (χ1) is 15.1. The number of rotatable bonds is 10. The van der Waals surface area contributed by atoms with Gasteiger partial charge in [-0.2, -0.15) is 0 Å². The van der Waals surface area contributed by atoms with Crippen LogP contribution >= 0.6 is 0 Å². The van der Waals surface area contributed by atoms with Gasteiger partial charge in [-0.05, 0) is 45.1 Å². The lowest BCUT2D eigenvalue weighted by Crippen LogP contribution is -2.19. The summed E-state index contributed by atoms with van der Waals surface area (Å²) >= 11 is 0. The molecule has 0 radical (unpaired) electrons. The molecule has 0 aliphatic rings. The Bertz CT molecular complexity index is 1050. The zero-order chi connectivity index (χ0) is 24.0. The smallest absolute Gasteiger partial charge is 0.236 e. The summed E-state index contributed by atoms with van der Waals surface area (Å²) in [6.07, 6.45) is 2.67. The predicted octanol–water partition coefficient (Wildman–Crippen LogP) is 4.90. The minimum Gasteiger partial charge on any atom is -0.504 e. The van der Waals surface area contributed by atoms with Crippen molar-refractivity contribution in [2.45, 2.75) is 40.0 Å². The first-order valence-corrected chi connectivity index (χ1v) is 10.3. The first kappa shape index (κ1) is 24.7. The monoisotopic (exact) mass is 438 g/mol. The van der Waals surface area contributed by atoms with Crippen LogP contribution in [0.4, 0.5) is 0 Å². The minimum absolute atomic E-state index is 0.128. The van der Waals surface area contributed by atoms with E-state index in [0.717, 1.165) is 11.1 Å². The molecule has 2 aromatic rings. The highest BCUT2D eigenvalue weighted by Gasteiger charge is 2.32. The van der Waals surface area contributed by atoms with Gasteiger partial charge in [-0.15, -0.1) is 0 Å². The predicted molar refractivity (Wildman–Crippen MR) is 124 cm³/mol. The molecule has 2 aromatic carbocycles. The average molecular weight is 439 g/mol. The van der Waals surface area contributed by atoms with E-state index in [0.29, 0.717) is 12.0 Å². The molecule has 0 bridgehead atoms. The summed E-state index contributed by atoms with van der Waals surface area (Å²) in [5, 5.41) is 31.3. The number of phenolic OH excluding ortho intramolecular Hbond substituents is 3. The van der Waals surface area contributed by atoms with Crippen molar-refractivity contribution in [2.24, 2.45) is 5.92 Å². The van der Waals surface area contributed by atoms with Crippen LogP contribution in [0.25, 0.3) is 0 Å². The number of hydrogen-bond acceptors (Lipinski definition) is 6. The topological polar surface area (TPSA) is 104 Å². The Morgan fingerprint density at radius 3 is 2.19 bits per heavy atom. The second-order valence-corrected chi connectivity index (χ2v) is 8.11. The number of Topliss-reactive ketones (excluding diaryl/α,β-unsaturated/α-hetero) is 2. The molecule has 0 saturated carbocycles. The molecule has 1 unspecified atom stereocenters. The highest BCUT2D eigenvalue weighted by molar-refractivity contribution is 6.45. The van der Waals surface area contributed by atoms with Crippen LogP contribution in [0.15, 0.2) is 54.1 Å². The summed E-state index contributed by atoms with van der Waals surface area (Å²) in [5.41, 5.74) is 2.26. The number of carbonyl (C=O) groups excluding carboxylic acids is 2. The van der Waals surface area contributed by atoms with Crippen molar-refractivity contribution in [1.29, 1.82) is 0 Å². The highest BCUT2D eigenvalue weighted by atomic mass is 16.5. The van der Waals surface area contributed by atoms with Gasteiger partial charge in [0.1, 0.15) is 11.3 Å². The summed E-state index contributed by atoms with van der Waals surface area (Å²) < 4.78 is 5.37. The number of ketones is 2. The number of ether oxygens (including phenoxy) is 1. The molecule has 170 valence electrons. The van der Waals surface area contributed by atoms with Crippen molar-refractivity contribution in [3.8, 4) is 23.0 Å². The Labute approximate surface area is 188 Å². The van der Waals surface area contributed by atoms with E-state index >= 15 is 0 Å². The average Bonchev–Trinajstić information content (AvgIpc) is 2.75. The van der Waals surface area contributed by atoms with E-state index in [1.165, 1.54) is 7.11 Å². The molecule has 3 N–H and O–H groups in total. The van der Waals surface area contributed by atoms with E-state index in [1.807, 2.05) is 26.8 Å². The van der Waals surface area contributed by atoms with Crippen LogP contribution in [0, 0.1) is 5.92 Å². The molecule has 0 spiro atoms. The fraction of sp³-hybridized carbons (Fsp3) is 0.308. The maximum absolute atomic E-state index is 13.0. The van der Waals surface area contributed by atoms with Crippen molar-refractivity contribution >= 4 is 11.6 Å². The third-order valence-electron chi connectivity index (χ3n) is 5.32. The van der Waals surface area contributed by atoms with Crippen LogP contribution in [0.1, 0.15) is 48.7 Å². The van der Waals surface area contributed by atoms with Gasteiger partial charge < -0.3 is 20.1 Å². The van der Waals surface area contributed by atoms with Gasteiger partial charge in [0.25, 0.3) is 0 Å². The Morgan fingerprint density at radius 2 is 1.66 bits per heavy atom. The third-order valence-corrected chi connectivity index (χ3v) is 5.32. The molecule has 1 atom stereocenters. The fourth-order valence-corrected chi connectivity index (χ4v) is 3.45. The highest BCUT2D eigenvalue weighted by Crippen LogP contribution is 2.48. The molecule has 6 heteroatoms. The molecule has 0 amide bonds. The number of carbonyl (C=O) groups is 2. The number of hydrogen-bond donors (Lipinski definition) is 3. The Morgan fingerprint density at radius 1 is 1.03 bits per heavy atom. The molecule has 32 heavy (non-hydrogen) atoms. The zero-order valence-electron chi connectivity index (χ0n) is 18.9. The summed E-state index contributed by atoms with van der Waals surface area (Å²) in [6, 6.07) is 8.72. The molecule has 2 rings (SSSR count). The minimum atomic E-state index is -1.00. The maximum atomic E-state index is 13.0. The summed E-state index contributed by atoms with van der Waals surface area (Å²) in [4.78, 5) is 25.7. The van der Waals surface area contributed by atoms with Gasteiger partial charge in [-0.3, -0.25) is 9.59 Å². The molecule has 0 fully saturated rings. The molecule has 0 saturated heterocycles. The van der Waals surface area contributed by atoms with Crippen LogP contribution in [-0.4, -0.2) is 34.0 Å². The van der Waals surface area contributed by atoms with Crippen LogP contribution in [0.2, 0.25) is 0 Å². The molecule has 0 aromatic heterocycles. The van der Waals surface area contributed by atoms with E-state index in [9.17, 15) is 24.9 Å². The largest absolute Gasteiger partial charge is 0.504 e. The maximum Gasteiger partial charge on any atom is 0.236 e. The second-order valence-electron chi connectivity index (χ2n) is 8.11. The molecule has 0 aliphatic heterocycles. The Kier molecular flexibility index (Phi) is 8.24. The molecular weight excluding hydrogens is 408 g/mol. The van der Waals surface area contributed by atoms with Gasteiger partial charge in [0, 0.05) is 12.0 Å². The lowest BCUT2D eigenvalue weighted by atomic mass is 9.87. The van der Waals surface area contributed by atoms with Crippen molar-refractivity contribution in [2.75, 3.05) is 7.11 Å². The SMILES string of the molecule is C=C(C)C(CC=C(C)C)Cc1c(O)c(O)c(O)c(C(=O)C(=O)Cc2ccccc2)c1OC. The number of aromatic hydroxyl groups is 3. The van der Waals surface area contributed by atoms with Crippen LogP contribution in [-0.2, 0) is 17.6 Å².